The molecule has 1 amide bonds. The minimum absolute atomic E-state index is 0.0540. The molecule has 30 heavy (non-hydrogen) atoms. The summed E-state index contributed by atoms with van der Waals surface area (Å²) in [5, 5.41) is 11.3. The Labute approximate surface area is 183 Å². The Morgan fingerprint density at radius 2 is 1.90 bits per heavy atom. The standard InChI is InChI=1S/C25H30ClNO3/c1-24-12-11-22(30)27(14-15-3-5-16(26)6-4-15)20(24)9-7-17-18-8-10-21(29)25(18,2)13-19(28)23(17)24/h3-6,9,17-18,21,23,29H,7-8,10-14H2,1-2H3/t17-,18-,21-,23?,24-,25-/m0/s1. The molecule has 3 fully saturated rings. The molecule has 0 spiro atoms. The summed E-state index contributed by atoms with van der Waals surface area (Å²) in [6, 6.07) is 7.63. The van der Waals surface area contributed by atoms with Crippen LogP contribution in [0, 0.1) is 28.6 Å². The number of ketones is 1. The summed E-state index contributed by atoms with van der Waals surface area (Å²) in [4.78, 5) is 28.3. The summed E-state index contributed by atoms with van der Waals surface area (Å²) in [7, 11) is 0. The van der Waals surface area contributed by atoms with E-state index in [4.69, 9.17) is 11.6 Å². The zero-order chi connectivity index (χ0) is 21.3. The van der Waals surface area contributed by atoms with Crippen molar-refractivity contribution in [2.45, 2.75) is 65.0 Å². The van der Waals surface area contributed by atoms with E-state index in [-0.39, 0.29) is 40.5 Å². The highest BCUT2D eigenvalue weighted by Gasteiger charge is 2.62. The molecule has 4 aliphatic rings. The number of aliphatic hydroxyl groups is 1. The number of fused-ring (bicyclic) bond motifs is 5. The van der Waals surface area contributed by atoms with Crippen LogP contribution in [-0.4, -0.2) is 27.8 Å². The number of benzene rings is 1. The minimum Gasteiger partial charge on any atom is -0.393 e. The summed E-state index contributed by atoms with van der Waals surface area (Å²) in [5.74, 6) is 1.02. The SMILES string of the molecule is C[C@]12CC(=O)C3[C@@H](CC=C4N(Cc5ccc(Cl)cc5)C(=O)CC[C@@]43C)[C@@H]1CC[C@@H]2O. The number of rotatable bonds is 2. The fourth-order valence-electron chi connectivity index (χ4n) is 7.20. The molecule has 1 aromatic rings. The Hall–Kier alpha value is -1.65. The van der Waals surface area contributed by atoms with Gasteiger partial charge in [-0.05, 0) is 55.2 Å². The topological polar surface area (TPSA) is 57.6 Å². The Bertz CT molecular complexity index is 925. The van der Waals surface area contributed by atoms with Crippen LogP contribution in [0.25, 0.3) is 0 Å². The minimum atomic E-state index is -0.375. The van der Waals surface area contributed by atoms with Crippen LogP contribution in [-0.2, 0) is 16.1 Å². The molecule has 1 heterocycles. The molecular formula is C25H30ClNO3. The average Bonchev–Trinajstić information content (AvgIpc) is 3.00. The highest BCUT2D eigenvalue weighted by Crippen LogP contribution is 2.63. The number of Topliss-reactive ketones (excluding diaryl/α,β-unsaturated/α-hetero) is 1. The van der Waals surface area contributed by atoms with Crippen LogP contribution in [0.4, 0.5) is 0 Å². The zero-order valence-electron chi connectivity index (χ0n) is 17.7. The second kappa shape index (κ2) is 6.93. The molecule has 1 saturated heterocycles. The van der Waals surface area contributed by atoms with Crippen molar-refractivity contribution < 1.29 is 14.7 Å². The second-order valence-electron chi connectivity index (χ2n) is 10.3. The predicted molar refractivity (Wildman–Crippen MR) is 115 cm³/mol. The lowest BCUT2D eigenvalue weighted by Crippen LogP contribution is -2.57. The highest BCUT2D eigenvalue weighted by atomic mass is 35.5. The molecule has 3 aliphatic carbocycles. The van der Waals surface area contributed by atoms with Gasteiger partial charge in [-0.15, -0.1) is 0 Å². The smallest absolute Gasteiger partial charge is 0.227 e. The van der Waals surface area contributed by atoms with Gasteiger partial charge < -0.3 is 10.0 Å². The number of hydrogen-bond acceptors (Lipinski definition) is 3. The first-order valence-electron chi connectivity index (χ1n) is 11.2. The maximum atomic E-state index is 13.5. The lowest BCUT2D eigenvalue weighted by atomic mass is 9.49. The Kier molecular flexibility index (Phi) is 4.68. The fraction of sp³-hybridized carbons (Fsp3) is 0.600. The number of allylic oxidation sites excluding steroid dienone is 2. The van der Waals surface area contributed by atoms with Crippen molar-refractivity contribution in [2.75, 3.05) is 0 Å². The van der Waals surface area contributed by atoms with E-state index in [0.717, 1.165) is 36.9 Å². The van der Waals surface area contributed by atoms with Gasteiger partial charge in [0.2, 0.25) is 5.91 Å². The fourth-order valence-corrected chi connectivity index (χ4v) is 7.33. The Morgan fingerprint density at radius 3 is 2.63 bits per heavy atom. The second-order valence-corrected chi connectivity index (χ2v) is 10.8. The Morgan fingerprint density at radius 1 is 1.17 bits per heavy atom. The summed E-state index contributed by atoms with van der Waals surface area (Å²) >= 11 is 6.03. The molecule has 1 aliphatic heterocycles. The van der Waals surface area contributed by atoms with Crippen molar-refractivity contribution in [3.05, 3.63) is 46.6 Å². The van der Waals surface area contributed by atoms with Crippen molar-refractivity contribution in [3.8, 4) is 0 Å². The van der Waals surface area contributed by atoms with Crippen LogP contribution < -0.4 is 0 Å². The molecule has 5 heteroatoms. The zero-order valence-corrected chi connectivity index (χ0v) is 18.5. The number of halogens is 1. The molecule has 0 radical (unpaired) electrons. The molecule has 1 unspecified atom stereocenters. The van der Waals surface area contributed by atoms with E-state index in [0.29, 0.717) is 30.3 Å². The predicted octanol–water partition coefficient (Wildman–Crippen LogP) is 4.74. The first-order chi connectivity index (χ1) is 14.2. The highest BCUT2D eigenvalue weighted by molar-refractivity contribution is 6.30. The van der Waals surface area contributed by atoms with Gasteiger partial charge in [0.1, 0.15) is 5.78 Å². The lowest BCUT2D eigenvalue weighted by Gasteiger charge is -2.57. The van der Waals surface area contributed by atoms with Gasteiger partial charge in [0, 0.05) is 40.3 Å². The van der Waals surface area contributed by atoms with E-state index in [1.165, 1.54) is 0 Å². The molecule has 5 rings (SSSR count). The molecule has 2 saturated carbocycles. The van der Waals surface area contributed by atoms with Crippen LogP contribution >= 0.6 is 11.6 Å². The van der Waals surface area contributed by atoms with Gasteiger partial charge in [-0.3, -0.25) is 9.59 Å². The maximum absolute atomic E-state index is 13.5. The molecule has 6 atom stereocenters. The normalized spacial score (nSPS) is 40.5. The van der Waals surface area contributed by atoms with E-state index in [2.05, 4.69) is 19.9 Å². The maximum Gasteiger partial charge on any atom is 0.227 e. The van der Waals surface area contributed by atoms with Crippen LogP contribution in [0.3, 0.4) is 0 Å². The summed E-state index contributed by atoms with van der Waals surface area (Å²) < 4.78 is 0. The number of aliphatic hydroxyl groups excluding tert-OH is 1. The molecule has 0 aromatic heterocycles. The number of carbonyl (C=O) groups excluding carboxylic acids is 2. The third kappa shape index (κ3) is 2.83. The number of piperidine rings is 1. The van der Waals surface area contributed by atoms with E-state index < -0.39 is 0 Å². The number of amides is 1. The van der Waals surface area contributed by atoms with Crippen molar-refractivity contribution in [3.63, 3.8) is 0 Å². The van der Waals surface area contributed by atoms with Crippen molar-refractivity contribution in [1.82, 2.24) is 4.90 Å². The summed E-state index contributed by atoms with van der Waals surface area (Å²) in [5.41, 5.74) is 1.48. The van der Waals surface area contributed by atoms with Crippen LogP contribution in [0.15, 0.2) is 36.0 Å². The molecular weight excluding hydrogens is 398 g/mol. The van der Waals surface area contributed by atoms with Crippen LogP contribution in [0.1, 0.15) is 57.9 Å². The van der Waals surface area contributed by atoms with Gasteiger partial charge in [-0.1, -0.05) is 43.7 Å². The van der Waals surface area contributed by atoms with Gasteiger partial charge >= 0.3 is 0 Å². The Balaban J connectivity index is 1.51. The monoisotopic (exact) mass is 427 g/mol. The summed E-state index contributed by atoms with van der Waals surface area (Å²) in [6.45, 7) is 4.83. The van der Waals surface area contributed by atoms with E-state index >= 15 is 0 Å². The van der Waals surface area contributed by atoms with E-state index in [9.17, 15) is 14.7 Å². The van der Waals surface area contributed by atoms with Gasteiger partial charge in [0.15, 0.2) is 0 Å². The van der Waals surface area contributed by atoms with Crippen molar-refractivity contribution >= 4 is 23.3 Å². The third-order valence-corrected chi connectivity index (χ3v) is 9.02. The molecule has 160 valence electrons. The quantitative estimate of drug-likeness (QED) is 0.741. The van der Waals surface area contributed by atoms with Crippen molar-refractivity contribution in [1.29, 1.82) is 0 Å². The average molecular weight is 428 g/mol. The van der Waals surface area contributed by atoms with Crippen molar-refractivity contribution in [2.24, 2.45) is 28.6 Å². The molecule has 4 nitrogen and oxygen atoms in total. The number of carbonyl (C=O) groups is 2. The van der Waals surface area contributed by atoms with Crippen LogP contribution in [0.5, 0.6) is 0 Å². The largest absolute Gasteiger partial charge is 0.393 e. The first kappa shape index (κ1) is 20.3. The summed E-state index contributed by atoms with van der Waals surface area (Å²) in [6.07, 6.45) is 6.14. The number of likely N-dealkylation sites (tertiary alicyclic amines) is 1. The third-order valence-electron chi connectivity index (χ3n) is 8.77. The molecule has 0 bridgehead atoms. The first-order valence-corrected chi connectivity index (χ1v) is 11.6. The van der Waals surface area contributed by atoms with E-state index in [1.54, 1.807) is 0 Å². The van der Waals surface area contributed by atoms with Gasteiger partial charge in [-0.2, -0.15) is 0 Å². The van der Waals surface area contributed by atoms with Gasteiger partial charge in [-0.25, -0.2) is 0 Å². The number of hydrogen-bond donors (Lipinski definition) is 1. The molecule has 1 N–H and O–H groups in total. The van der Waals surface area contributed by atoms with Gasteiger partial charge in [0.25, 0.3) is 0 Å². The molecule has 1 aromatic carbocycles. The lowest BCUT2D eigenvalue weighted by molar-refractivity contribution is -0.152. The van der Waals surface area contributed by atoms with E-state index in [1.807, 2.05) is 29.2 Å². The van der Waals surface area contributed by atoms with Gasteiger partial charge in [0.05, 0.1) is 12.6 Å². The van der Waals surface area contributed by atoms with Crippen LogP contribution in [0.2, 0.25) is 5.02 Å². The number of nitrogens with zero attached hydrogens (tertiary/aromatic N) is 1.